The summed E-state index contributed by atoms with van der Waals surface area (Å²) < 4.78 is 53.9. The SMILES string of the molecule is CN1CCCn2c1cc(OCc1cc(F)c(Oc3ccc(F)cc3)c(F)c1)nc2=O. The molecule has 0 amide bonds. The molecular weight excluding hydrogens is 399 g/mol. The third kappa shape index (κ3) is 4.10. The first-order chi connectivity index (χ1) is 14.4. The Labute approximate surface area is 170 Å². The second kappa shape index (κ2) is 8.10. The number of benzene rings is 2. The summed E-state index contributed by atoms with van der Waals surface area (Å²) in [6.07, 6.45) is 0.843. The molecule has 0 N–H and O–H groups in total. The molecule has 1 aliphatic heterocycles. The Morgan fingerprint density at radius 2 is 1.73 bits per heavy atom. The highest BCUT2D eigenvalue weighted by Gasteiger charge is 2.18. The topological polar surface area (TPSA) is 56.6 Å². The number of hydrogen-bond donors (Lipinski definition) is 0. The zero-order chi connectivity index (χ0) is 21.3. The van der Waals surface area contributed by atoms with Crippen molar-refractivity contribution in [2.75, 3.05) is 18.5 Å². The Morgan fingerprint density at radius 1 is 1.03 bits per heavy atom. The van der Waals surface area contributed by atoms with E-state index in [4.69, 9.17) is 9.47 Å². The van der Waals surface area contributed by atoms with Gasteiger partial charge in [-0.1, -0.05) is 0 Å². The molecule has 0 fully saturated rings. The number of rotatable bonds is 5. The summed E-state index contributed by atoms with van der Waals surface area (Å²) in [7, 11) is 1.86. The fourth-order valence-electron chi connectivity index (χ4n) is 3.23. The molecule has 1 aromatic heterocycles. The Bertz CT molecular complexity index is 1110. The van der Waals surface area contributed by atoms with E-state index in [-0.39, 0.29) is 23.8 Å². The molecule has 0 radical (unpaired) electrons. The van der Waals surface area contributed by atoms with Gasteiger partial charge in [0.25, 0.3) is 0 Å². The summed E-state index contributed by atoms with van der Waals surface area (Å²) in [5.74, 6) is -2.10. The van der Waals surface area contributed by atoms with Gasteiger partial charge < -0.3 is 14.4 Å². The number of hydrogen-bond acceptors (Lipinski definition) is 5. The van der Waals surface area contributed by atoms with Crippen LogP contribution in [0.2, 0.25) is 0 Å². The van der Waals surface area contributed by atoms with E-state index < -0.39 is 28.9 Å². The van der Waals surface area contributed by atoms with Crippen LogP contribution >= 0.6 is 0 Å². The molecule has 0 bridgehead atoms. The predicted molar refractivity (Wildman–Crippen MR) is 104 cm³/mol. The Balaban J connectivity index is 1.51. The van der Waals surface area contributed by atoms with Crippen LogP contribution in [0, 0.1) is 17.5 Å². The average Bonchev–Trinajstić information content (AvgIpc) is 2.71. The Morgan fingerprint density at radius 3 is 2.43 bits per heavy atom. The van der Waals surface area contributed by atoms with Gasteiger partial charge in [0.05, 0.1) is 0 Å². The summed E-state index contributed by atoms with van der Waals surface area (Å²) in [4.78, 5) is 18.0. The van der Waals surface area contributed by atoms with Crippen LogP contribution in [0.15, 0.2) is 47.3 Å². The molecule has 30 heavy (non-hydrogen) atoms. The van der Waals surface area contributed by atoms with E-state index in [0.717, 1.165) is 37.2 Å². The number of fused-ring (bicyclic) bond motifs is 1. The van der Waals surface area contributed by atoms with Gasteiger partial charge in [0.1, 0.15) is 24.0 Å². The molecule has 156 valence electrons. The summed E-state index contributed by atoms with van der Waals surface area (Å²) in [5, 5.41) is 0. The summed E-state index contributed by atoms with van der Waals surface area (Å²) >= 11 is 0. The number of nitrogens with zero attached hydrogens (tertiary/aromatic N) is 3. The second-order valence-corrected chi connectivity index (χ2v) is 6.90. The minimum atomic E-state index is -0.934. The van der Waals surface area contributed by atoms with Crippen LogP contribution < -0.4 is 20.1 Å². The van der Waals surface area contributed by atoms with Crippen molar-refractivity contribution in [3.8, 4) is 17.4 Å². The van der Waals surface area contributed by atoms with Gasteiger partial charge in [0, 0.05) is 26.2 Å². The smallest absolute Gasteiger partial charge is 0.352 e. The number of halogens is 3. The molecular formula is C21H18F3N3O3. The van der Waals surface area contributed by atoms with E-state index in [0.29, 0.717) is 12.4 Å². The minimum absolute atomic E-state index is 0.0763. The van der Waals surface area contributed by atoms with Crippen molar-refractivity contribution >= 4 is 5.82 Å². The van der Waals surface area contributed by atoms with Crippen LogP contribution in [0.5, 0.6) is 17.4 Å². The van der Waals surface area contributed by atoms with E-state index in [1.807, 2.05) is 11.9 Å². The molecule has 2 aromatic carbocycles. The van der Waals surface area contributed by atoms with Gasteiger partial charge in [-0.2, -0.15) is 4.98 Å². The maximum Gasteiger partial charge on any atom is 0.352 e. The maximum absolute atomic E-state index is 14.4. The highest BCUT2D eigenvalue weighted by atomic mass is 19.1. The molecule has 0 saturated heterocycles. The zero-order valence-corrected chi connectivity index (χ0v) is 16.1. The standard InChI is InChI=1S/C21H18F3N3O3/c1-26-7-2-8-27-19(26)11-18(25-21(27)28)29-12-13-9-16(23)20(17(24)10-13)30-15-5-3-14(22)4-6-15/h3-6,9-11H,2,7-8,12H2,1H3. The summed E-state index contributed by atoms with van der Waals surface area (Å²) in [5.41, 5.74) is -0.237. The van der Waals surface area contributed by atoms with Crippen LogP contribution in [0.1, 0.15) is 12.0 Å². The van der Waals surface area contributed by atoms with E-state index in [1.54, 1.807) is 10.6 Å². The van der Waals surface area contributed by atoms with Crippen LogP contribution in [0.4, 0.5) is 19.0 Å². The van der Waals surface area contributed by atoms with Gasteiger partial charge in [0.2, 0.25) is 5.88 Å². The predicted octanol–water partition coefficient (Wildman–Crippen LogP) is 3.87. The lowest BCUT2D eigenvalue weighted by atomic mass is 10.2. The van der Waals surface area contributed by atoms with Gasteiger partial charge in [-0.25, -0.2) is 18.0 Å². The fourth-order valence-corrected chi connectivity index (χ4v) is 3.23. The lowest BCUT2D eigenvalue weighted by Gasteiger charge is -2.28. The van der Waals surface area contributed by atoms with Crippen molar-refractivity contribution in [2.45, 2.75) is 19.6 Å². The molecule has 3 aromatic rings. The Kier molecular flexibility index (Phi) is 5.35. The molecule has 0 atom stereocenters. The van der Waals surface area contributed by atoms with Gasteiger partial charge in [-0.3, -0.25) is 4.57 Å². The molecule has 0 aliphatic carbocycles. The summed E-state index contributed by atoms with van der Waals surface area (Å²) in [6, 6.07) is 8.54. The van der Waals surface area contributed by atoms with Crippen LogP contribution in [0.25, 0.3) is 0 Å². The second-order valence-electron chi connectivity index (χ2n) is 6.90. The minimum Gasteiger partial charge on any atom is -0.473 e. The molecule has 1 aliphatic rings. The Hall–Kier alpha value is -3.49. The van der Waals surface area contributed by atoms with E-state index >= 15 is 0 Å². The largest absolute Gasteiger partial charge is 0.473 e. The van der Waals surface area contributed by atoms with Crippen molar-refractivity contribution in [2.24, 2.45) is 0 Å². The summed E-state index contributed by atoms with van der Waals surface area (Å²) in [6.45, 7) is 1.19. The van der Waals surface area contributed by atoms with Gasteiger partial charge in [-0.15, -0.1) is 0 Å². The third-order valence-corrected chi connectivity index (χ3v) is 4.71. The highest BCUT2D eigenvalue weighted by molar-refractivity contribution is 5.43. The molecule has 0 unspecified atom stereocenters. The van der Waals surface area contributed by atoms with Gasteiger partial charge in [0.15, 0.2) is 17.4 Å². The highest BCUT2D eigenvalue weighted by Crippen LogP contribution is 2.29. The first-order valence-corrected chi connectivity index (χ1v) is 9.28. The molecule has 4 rings (SSSR count). The number of ether oxygens (including phenoxy) is 2. The molecule has 6 nitrogen and oxygen atoms in total. The first-order valence-electron chi connectivity index (χ1n) is 9.28. The van der Waals surface area contributed by atoms with Crippen LogP contribution in [-0.2, 0) is 13.2 Å². The van der Waals surface area contributed by atoms with Crippen molar-refractivity contribution in [3.05, 3.63) is 76.0 Å². The van der Waals surface area contributed by atoms with Crippen LogP contribution in [-0.4, -0.2) is 23.1 Å². The van der Waals surface area contributed by atoms with Gasteiger partial charge in [-0.05, 0) is 48.4 Å². The third-order valence-electron chi connectivity index (χ3n) is 4.71. The van der Waals surface area contributed by atoms with Crippen molar-refractivity contribution in [3.63, 3.8) is 0 Å². The quantitative estimate of drug-likeness (QED) is 0.631. The zero-order valence-electron chi connectivity index (χ0n) is 16.1. The first kappa shape index (κ1) is 19.8. The number of anilines is 1. The maximum atomic E-state index is 14.4. The fraction of sp³-hybridized carbons (Fsp3) is 0.238. The van der Waals surface area contributed by atoms with Gasteiger partial charge >= 0.3 is 5.69 Å². The lowest BCUT2D eigenvalue weighted by Crippen LogP contribution is -2.36. The average molecular weight is 417 g/mol. The normalized spacial score (nSPS) is 13.1. The van der Waals surface area contributed by atoms with E-state index in [1.165, 1.54) is 12.1 Å². The van der Waals surface area contributed by atoms with E-state index in [9.17, 15) is 18.0 Å². The molecule has 0 spiro atoms. The van der Waals surface area contributed by atoms with E-state index in [2.05, 4.69) is 4.98 Å². The van der Waals surface area contributed by atoms with Crippen molar-refractivity contribution in [1.82, 2.24) is 9.55 Å². The van der Waals surface area contributed by atoms with Crippen molar-refractivity contribution < 1.29 is 22.6 Å². The molecule has 9 heteroatoms. The lowest BCUT2D eigenvalue weighted by molar-refractivity contribution is 0.288. The monoisotopic (exact) mass is 417 g/mol. The number of aromatic nitrogens is 2. The molecule has 0 saturated carbocycles. The van der Waals surface area contributed by atoms with Crippen molar-refractivity contribution in [1.29, 1.82) is 0 Å². The van der Waals surface area contributed by atoms with Crippen LogP contribution in [0.3, 0.4) is 0 Å². The molecule has 2 heterocycles.